The minimum atomic E-state index is -1.42. The summed E-state index contributed by atoms with van der Waals surface area (Å²) in [5.74, 6) is -13.2. The van der Waals surface area contributed by atoms with Crippen molar-refractivity contribution in [1.29, 1.82) is 21.0 Å². The number of nitrogens with two attached hydrogens (primary N) is 4. The van der Waals surface area contributed by atoms with Gasteiger partial charge < -0.3 is 73.6 Å². The van der Waals surface area contributed by atoms with E-state index in [9.17, 15) is 105 Å². The van der Waals surface area contributed by atoms with Gasteiger partial charge in [-0.1, -0.05) is 0 Å². The first-order chi connectivity index (χ1) is 60.9. The maximum atomic E-state index is 11.8. The van der Waals surface area contributed by atoms with Crippen molar-refractivity contribution in [3.8, 4) is 88.6 Å². The number of aromatic hydroxyl groups is 2. The summed E-state index contributed by atoms with van der Waals surface area (Å²) in [7, 11) is 0. The fraction of sp³-hybridized carbons (Fsp3) is 0.0833. The second-order valence-corrected chi connectivity index (χ2v) is 26.0. The Morgan fingerprint density at radius 3 is 0.844 bits per heavy atom. The Bertz CT molecular complexity index is 7130. The van der Waals surface area contributed by atoms with Gasteiger partial charge >= 0.3 is 53.8 Å². The molecule has 0 saturated carbocycles. The van der Waals surface area contributed by atoms with Crippen LogP contribution >= 0.6 is 0 Å². The maximum Gasteiger partial charge on any atom is 0.335 e. The van der Waals surface area contributed by atoms with Crippen LogP contribution in [0.5, 0.6) is 17.8 Å². The van der Waals surface area contributed by atoms with Gasteiger partial charge in [0, 0.05) is 6.07 Å². The highest BCUT2D eigenvalue weighted by atomic mass is 16.5. The van der Waals surface area contributed by atoms with Gasteiger partial charge in [0.15, 0.2) is 69.3 Å². The molecular formula is C72H50N38O18. The lowest BCUT2D eigenvalue weighted by molar-refractivity contribution is -0.120. The number of carboxylic acids is 7. The molecule has 0 aliphatic carbocycles. The molecule has 0 unspecified atom stereocenters. The van der Waals surface area contributed by atoms with Crippen LogP contribution in [-0.2, 0) is 4.79 Å². The molecule has 10 aromatic heterocycles. The van der Waals surface area contributed by atoms with Gasteiger partial charge in [-0.15, -0.1) is 40.9 Å². The number of carbonyl (C=O) groups excluding carboxylic acids is 1. The van der Waals surface area contributed by atoms with E-state index in [1.54, 1.807) is 0 Å². The summed E-state index contributed by atoms with van der Waals surface area (Å²) in [6, 6.07) is 19.2. The Hall–Kier alpha value is -20.5. The number of hydrogen-bond donors (Lipinski definition) is 13. The second-order valence-electron chi connectivity index (χ2n) is 26.0. The van der Waals surface area contributed by atoms with Crippen LogP contribution in [-0.4, -0.2) is 202 Å². The normalized spacial score (nSPS) is 11.2. The number of rotatable bonds is 25. The van der Waals surface area contributed by atoms with Gasteiger partial charge in [-0.3, -0.25) is 4.79 Å². The first-order valence-electron chi connectivity index (χ1n) is 35.2. The lowest BCUT2D eigenvalue weighted by Gasteiger charge is -2.08. The Balaban J connectivity index is 0.000000219. The van der Waals surface area contributed by atoms with Gasteiger partial charge in [-0.05, 0) is 108 Å². The van der Waals surface area contributed by atoms with Crippen molar-refractivity contribution in [3.05, 3.63) is 181 Å². The van der Waals surface area contributed by atoms with Gasteiger partial charge in [0.05, 0.1) is 108 Å². The SMILES string of the molecule is Cc1nn(-c2cc(C(=O)O)cc(C(=O)O)c2)c(N=Nc2c(C)nn(-c3nc(O)nc(-n4nc(C)c(N=Nc5c(C#N)c(C)nn5-c5cc(C(=O)O)cc(C(=O)O)c5)c4N)n3)c2N)c1C#N.Cc1nn(-c2nc(O)nc(-n3nc(C)c(N=Nc4c(C#N)cnn4-c4cc(C(=O)O)cc(C(=O)O)c4)c3N)n2)c(N)c1N=Nc1c(C#N)cnn1-c1cc(OC=O)cc(C(=O)O)c1. The van der Waals surface area contributed by atoms with Crippen molar-refractivity contribution in [1.82, 2.24) is 108 Å². The highest BCUT2D eigenvalue weighted by Crippen LogP contribution is 2.40. The Kier molecular flexibility index (Phi) is 22.7. The first kappa shape index (κ1) is 85.4. The summed E-state index contributed by atoms with van der Waals surface area (Å²) < 4.78 is 12.9. The van der Waals surface area contributed by atoms with Gasteiger partial charge in [-0.2, -0.15) is 110 Å². The zero-order chi connectivity index (χ0) is 92.5. The lowest BCUT2D eigenvalue weighted by atomic mass is 10.1. The molecule has 128 heavy (non-hydrogen) atoms. The van der Waals surface area contributed by atoms with Gasteiger partial charge in [0.2, 0.25) is 0 Å². The number of aromatic carboxylic acids is 7. The Morgan fingerprint density at radius 1 is 0.336 bits per heavy atom. The maximum absolute atomic E-state index is 11.8. The Labute approximate surface area is 707 Å². The third-order valence-corrected chi connectivity index (χ3v) is 17.8. The third kappa shape index (κ3) is 16.5. The molecule has 56 nitrogen and oxygen atoms in total. The number of carboxylic acid groups (broad SMARTS) is 7. The van der Waals surface area contributed by atoms with E-state index >= 15 is 0 Å². The monoisotopic (exact) mass is 1730 g/mol. The number of nitriles is 4. The van der Waals surface area contributed by atoms with Crippen molar-refractivity contribution < 1.29 is 89.1 Å². The number of aryl methyl sites for hydroxylation is 6. The Morgan fingerprint density at radius 2 is 0.586 bits per heavy atom. The molecule has 0 atom stereocenters. The molecular weight excluding hydrogens is 1690 g/mol. The van der Waals surface area contributed by atoms with Crippen LogP contribution in [0.25, 0.3) is 46.5 Å². The van der Waals surface area contributed by atoms with Gasteiger partial charge in [0.25, 0.3) is 30.3 Å². The smallest absolute Gasteiger partial charge is 0.335 e. The van der Waals surface area contributed by atoms with Crippen molar-refractivity contribution in [2.45, 2.75) is 41.5 Å². The van der Waals surface area contributed by atoms with Crippen molar-refractivity contribution >= 4 is 118 Å². The topological polar surface area (TPSA) is 846 Å². The molecule has 17 N–H and O–H groups in total. The van der Waals surface area contributed by atoms with Crippen LogP contribution < -0.4 is 27.7 Å². The molecule has 0 aliphatic heterocycles. The molecule has 14 aromatic rings. The first-order valence-corrected chi connectivity index (χ1v) is 35.2. The van der Waals surface area contributed by atoms with E-state index in [0.717, 1.165) is 111 Å². The van der Waals surface area contributed by atoms with Gasteiger partial charge in [-0.25, -0.2) is 52.3 Å². The number of ether oxygens (including phenoxy) is 1. The van der Waals surface area contributed by atoms with Crippen molar-refractivity contribution in [2.24, 2.45) is 40.9 Å². The molecule has 0 spiro atoms. The zero-order valence-corrected chi connectivity index (χ0v) is 65.4. The van der Waals surface area contributed by atoms with Crippen LogP contribution in [0.3, 0.4) is 0 Å². The number of anilines is 4. The molecule has 0 aliphatic rings. The van der Waals surface area contributed by atoms with E-state index in [-0.39, 0.29) is 223 Å². The van der Waals surface area contributed by atoms with E-state index in [1.165, 1.54) is 53.7 Å². The molecule has 0 saturated heterocycles. The molecule has 636 valence electrons. The van der Waals surface area contributed by atoms with Crippen LogP contribution in [0.15, 0.2) is 126 Å². The van der Waals surface area contributed by atoms with Crippen molar-refractivity contribution in [2.75, 3.05) is 22.9 Å². The summed E-state index contributed by atoms with van der Waals surface area (Å²) >= 11 is 0. The predicted octanol–water partition coefficient (Wildman–Crippen LogP) is 7.39. The summed E-state index contributed by atoms with van der Waals surface area (Å²) in [6.45, 7) is 9.00. The van der Waals surface area contributed by atoms with Crippen LogP contribution in [0.1, 0.15) is 129 Å². The minimum Gasteiger partial charge on any atom is -0.479 e. The quantitative estimate of drug-likeness (QED) is 0.0196. The highest BCUT2D eigenvalue weighted by Gasteiger charge is 2.30. The average molecular weight is 1740 g/mol. The fourth-order valence-corrected chi connectivity index (χ4v) is 11.8. The number of nitrogens with zero attached hydrogens (tertiary/aromatic N) is 34. The molecule has 0 radical (unpaired) electrons. The van der Waals surface area contributed by atoms with Crippen LogP contribution in [0, 0.1) is 86.9 Å². The highest BCUT2D eigenvalue weighted by molar-refractivity contribution is 5.97. The molecule has 0 bridgehead atoms. The van der Waals surface area contributed by atoms with E-state index in [1.807, 2.05) is 24.3 Å². The molecule has 0 fully saturated rings. The number of aromatic nitrogens is 22. The molecule has 56 heteroatoms. The summed E-state index contributed by atoms with van der Waals surface area (Å²) in [5, 5.41) is 195. The number of nitrogen functional groups attached to an aromatic ring is 4. The lowest BCUT2D eigenvalue weighted by Crippen LogP contribution is -2.13. The third-order valence-electron chi connectivity index (χ3n) is 17.8. The zero-order valence-electron chi connectivity index (χ0n) is 65.4. The summed E-state index contributed by atoms with van der Waals surface area (Å²) in [4.78, 5) is 118. The molecule has 4 aromatic carbocycles. The molecule has 0 amide bonds. The predicted molar refractivity (Wildman–Crippen MR) is 423 cm³/mol. The summed E-state index contributed by atoms with van der Waals surface area (Å²) in [6.07, 6.45) is 2.25. The van der Waals surface area contributed by atoms with E-state index in [0.29, 0.717) is 0 Å². The van der Waals surface area contributed by atoms with Gasteiger partial charge in [0.1, 0.15) is 52.3 Å². The fourth-order valence-electron chi connectivity index (χ4n) is 11.8. The van der Waals surface area contributed by atoms with Crippen molar-refractivity contribution in [3.63, 3.8) is 0 Å². The number of carbonyl (C=O) groups is 8. The summed E-state index contributed by atoms with van der Waals surface area (Å²) in [5.41, 5.74) is 23.2. The second kappa shape index (κ2) is 34.1. The largest absolute Gasteiger partial charge is 0.479 e. The van der Waals surface area contributed by atoms with Crippen LogP contribution in [0.2, 0.25) is 0 Å². The van der Waals surface area contributed by atoms with E-state index in [4.69, 9.17) is 27.7 Å². The number of hydrogen-bond acceptors (Lipinski definition) is 41. The standard InChI is InChI=1S/C37H27N19O9.C35H23N19O9/c1-13-23(11-38)29(53(49-13)21-7-17(31(57)58)5-18(8-21)32(59)60)47-45-25-15(3)51-55(27(25)40)35-42-36(44-37(65)43-35)56-28(41)26(16(4)52-56)46-48-30-24(12-39)14(2)50-54(30)22-9-19(33(61)62)6-20(10-22)34(63)64;1-14-24(45-47-28-19(9-36)11-40-51(28)21-4-16(30(56)57)3-17(5-21)31(58)59)26(38)53(49-14)33-42-34(44-35(62)43-33)54-27(39)25(15(2)50-54)46-48-29-20(10-37)12-41-52(29)22-6-18(32(60)61)7-23(8-22)63-13-55/h5-10H,40-41H2,1-4H3,(H,57,58)(H,59,60)(H,61,62)(H,63,64)(H,42,43,44,65);3-8,11-13H,38-39H2,1-2H3,(H,56,57)(H,58,59)(H,60,61)(H,42,43,44,62). The molecule has 14 rings (SSSR count). The van der Waals surface area contributed by atoms with E-state index < -0.39 is 53.8 Å². The number of azo groups is 4. The molecule has 10 heterocycles. The average Bonchev–Trinajstić information content (AvgIpc) is 1.70. The van der Waals surface area contributed by atoms with Crippen LogP contribution in [0.4, 0.5) is 69.3 Å². The van der Waals surface area contributed by atoms with E-state index in [2.05, 4.69) is 112 Å². The number of benzene rings is 4. The minimum absolute atomic E-state index is 0.0476.